The molecule has 9 heteroatoms. The van der Waals surface area contributed by atoms with Gasteiger partial charge in [-0.1, -0.05) is 26.9 Å². The molecule has 2 aromatic heterocycles. The minimum absolute atomic E-state index is 0.0199. The standard InChI is InChI=1S/C16H23BrN2O4Si2/c1-8-6-9-11(18-7-8)10(12(14(20)21)19-13(9)17)16(2,3)15(22-24-4)23-25-5/h6-7,15H,24-25H2,1-5H3,(H,20,21). The molecule has 2 rings (SSSR count). The average molecular weight is 443 g/mol. The maximum absolute atomic E-state index is 11.9. The molecule has 6 nitrogen and oxygen atoms in total. The highest BCUT2D eigenvalue weighted by Crippen LogP contribution is 2.38. The van der Waals surface area contributed by atoms with E-state index < -0.39 is 37.2 Å². The first kappa shape index (κ1) is 20.2. The molecule has 25 heavy (non-hydrogen) atoms. The molecule has 0 unspecified atom stereocenters. The Hall–Kier alpha value is -1.14. The van der Waals surface area contributed by atoms with Gasteiger partial charge in [-0.05, 0) is 34.5 Å². The molecular weight excluding hydrogens is 420 g/mol. The molecule has 0 saturated heterocycles. The summed E-state index contributed by atoms with van der Waals surface area (Å²) < 4.78 is 12.3. The SMILES string of the molecule is C[SiH2]OC(O[SiH2]C)C(C)(C)c1c(C(=O)O)nc(Br)c2cc(C)cnc12. The van der Waals surface area contributed by atoms with E-state index in [-0.39, 0.29) is 5.69 Å². The highest BCUT2D eigenvalue weighted by atomic mass is 79.9. The Balaban J connectivity index is 2.83. The van der Waals surface area contributed by atoms with Crippen LogP contribution in [0.15, 0.2) is 16.9 Å². The summed E-state index contributed by atoms with van der Waals surface area (Å²) in [4.78, 5) is 20.7. The molecule has 0 bridgehead atoms. The van der Waals surface area contributed by atoms with Gasteiger partial charge in [-0.25, -0.2) is 9.78 Å². The van der Waals surface area contributed by atoms with Crippen LogP contribution in [0, 0.1) is 6.92 Å². The lowest BCUT2D eigenvalue weighted by Crippen LogP contribution is -2.41. The lowest BCUT2D eigenvalue weighted by molar-refractivity contribution is -0.0432. The number of aromatic nitrogens is 2. The van der Waals surface area contributed by atoms with Gasteiger partial charge in [0.2, 0.25) is 0 Å². The van der Waals surface area contributed by atoms with Gasteiger partial charge >= 0.3 is 5.97 Å². The fourth-order valence-electron chi connectivity index (χ4n) is 2.90. The molecular formula is C16H23BrN2O4Si2. The van der Waals surface area contributed by atoms with Crippen molar-refractivity contribution >= 4 is 52.3 Å². The third kappa shape index (κ3) is 4.00. The molecule has 0 fully saturated rings. The highest BCUT2D eigenvalue weighted by molar-refractivity contribution is 9.10. The van der Waals surface area contributed by atoms with Gasteiger partial charge in [-0.2, -0.15) is 0 Å². The predicted octanol–water partition coefficient (Wildman–Crippen LogP) is 2.30. The van der Waals surface area contributed by atoms with Crippen molar-refractivity contribution in [2.75, 3.05) is 0 Å². The van der Waals surface area contributed by atoms with Crippen LogP contribution in [0.1, 0.15) is 35.5 Å². The molecule has 0 aliphatic heterocycles. The summed E-state index contributed by atoms with van der Waals surface area (Å²) in [6, 6.07) is 1.95. The normalized spacial score (nSPS) is 14.2. The number of aromatic carboxylic acids is 1. The van der Waals surface area contributed by atoms with E-state index in [1.165, 1.54) is 0 Å². The Labute approximate surface area is 160 Å². The number of carboxylic acid groups (broad SMARTS) is 1. The molecule has 0 aliphatic rings. The van der Waals surface area contributed by atoms with Gasteiger partial charge in [0.05, 0.1) is 5.52 Å². The molecule has 0 aromatic carbocycles. The molecule has 136 valence electrons. The fraction of sp³-hybridized carbons (Fsp3) is 0.438. The molecule has 1 N–H and O–H groups in total. The van der Waals surface area contributed by atoms with Gasteiger partial charge < -0.3 is 14.0 Å². The van der Waals surface area contributed by atoms with Gasteiger partial charge in [0.15, 0.2) is 25.2 Å². The van der Waals surface area contributed by atoms with E-state index in [1.807, 2.05) is 39.9 Å². The van der Waals surface area contributed by atoms with Crippen LogP contribution >= 0.6 is 15.9 Å². The Morgan fingerprint density at radius 3 is 2.44 bits per heavy atom. The lowest BCUT2D eigenvalue weighted by Gasteiger charge is -2.35. The minimum atomic E-state index is -1.09. The van der Waals surface area contributed by atoms with E-state index in [9.17, 15) is 9.90 Å². The second-order valence-electron chi connectivity index (χ2n) is 6.30. The van der Waals surface area contributed by atoms with E-state index in [1.54, 1.807) is 6.20 Å². The largest absolute Gasteiger partial charge is 0.477 e. The second kappa shape index (κ2) is 8.04. The zero-order chi connectivity index (χ0) is 18.8. The van der Waals surface area contributed by atoms with Gasteiger partial charge in [0, 0.05) is 22.6 Å². The van der Waals surface area contributed by atoms with Crippen LogP contribution < -0.4 is 0 Å². The number of pyridine rings is 2. The first-order chi connectivity index (χ1) is 11.7. The van der Waals surface area contributed by atoms with Crippen LogP contribution in [0.2, 0.25) is 13.1 Å². The predicted molar refractivity (Wildman–Crippen MR) is 107 cm³/mol. The summed E-state index contributed by atoms with van der Waals surface area (Å²) in [6.07, 6.45) is 1.24. The summed E-state index contributed by atoms with van der Waals surface area (Å²) in [7, 11) is -1.47. The van der Waals surface area contributed by atoms with Crippen LogP contribution in [-0.4, -0.2) is 46.9 Å². The van der Waals surface area contributed by atoms with Crippen molar-refractivity contribution in [2.45, 2.75) is 45.6 Å². The summed E-state index contributed by atoms with van der Waals surface area (Å²) in [5, 5.41) is 10.5. The summed E-state index contributed by atoms with van der Waals surface area (Å²) in [6.45, 7) is 9.87. The molecule has 2 heterocycles. The Morgan fingerprint density at radius 2 is 1.92 bits per heavy atom. The van der Waals surface area contributed by atoms with Gasteiger partial charge in [-0.15, -0.1) is 0 Å². The third-order valence-electron chi connectivity index (χ3n) is 4.00. The van der Waals surface area contributed by atoms with E-state index in [2.05, 4.69) is 25.9 Å². The summed E-state index contributed by atoms with van der Waals surface area (Å²) >= 11 is 3.39. The topological polar surface area (TPSA) is 81.5 Å². The molecule has 2 aromatic rings. The number of carbonyl (C=O) groups is 1. The van der Waals surface area contributed by atoms with Crippen molar-refractivity contribution in [1.82, 2.24) is 9.97 Å². The quantitative estimate of drug-likeness (QED) is 0.402. The molecule has 0 radical (unpaired) electrons. The maximum Gasteiger partial charge on any atom is 0.354 e. The lowest BCUT2D eigenvalue weighted by atomic mass is 9.81. The van der Waals surface area contributed by atoms with Gasteiger partial charge in [0.1, 0.15) is 10.9 Å². The van der Waals surface area contributed by atoms with Crippen molar-refractivity contribution in [1.29, 1.82) is 0 Å². The monoisotopic (exact) mass is 442 g/mol. The van der Waals surface area contributed by atoms with Crippen molar-refractivity contribution < 1.29 is 18.8 Å². The fourth-order valence-corrected chi connectivity index (χ4v) is 5.21. The van der Waals surface area contributed by atoms with Crippen LogP contribution in [-0.2, 0) is 14.3 Å². The second-order valence-corrected chi connectivity index (χ2v) is 8.88. The zero-order valence-electron chi connectivity index (χ0n) is 15.1. The summed E-state index contributed by atoms with van der Waals surface area (Å²) in [5.74, 6) is -1.09. The Morgan fingerprint density at radius 1 is 1.32 bits per heavy atom. The first-order valence-corrected chi connectivity index (χ1v) is 12.9. The number of fused-ring (bicyclic) bond motifs is 1. The number of aryl methyl sites for hydroxylation is 1. The van der Waals surface area contributed by atoms with E-state index in [0.717, 1.165) is 10.9 Å². The first-order valence-electron chi connectivity index (χ1n) is 8.16. The number of carboxylic acids is 1. The maximum atomic E-state index is 11.9. The summed E-state index contributed by atoms with van der Waals surface area (Å²) in [5.41, 5.74) is 1.42. The van der Waals surface area contributed by atoms with Gasteiger partial charge in [0.25, 0.3) is 0 Å². The molecule has 0 aliphatic carbocycles. The third-order valence-corrected chi connectivity index (χ3v) is 5.88. The zero-order valence-corrected chi connectivity index (χ0v) is 19.5. The van der Waals surface area contributed by atoms with E-state index in [4.69, 9.17) is 8.85 Å². The van der Waals surface area contributed by atoms with E-state index >= 15 is 0 Å². The molecule has 0 amide bonds. The van der Waals surface area contributed by atoms with Crippen LogP contribution in [0.3, 0.4) is 0 Å². The number of rotatable bonds is 7. The van der Waals surface area contributed by atoms with Gasteiger partial charge in [-0.3, -0.25) is 4.98 Å². The van der Waals surface area contributed by atoms with Crippen LogP contribution in [0.5, 0.6) is 0 Å². The minimum Gasteiger partial charge on any atom is -0.477 e. The molecule has 0 spiro atoms. The van der Waals surface area contributed by atoms with E-state index in [0.29, 0.717) is 15.7 Å². The van der Waals surface area contributed by atoms with Crippen molar-refractivity contribution in [2.24, 2.45) is 0 Å². The number of hydrogen-bond acceptors (Lipinski definition) is 5. The Bertz CT molecular complexity index is 795. The molecule has 0 saturated carbocycles. The number of halogens is 1. The van der Waals surface area contributed by atoms with Crippen LogP contribution in [0.25, 0.3) is 10.9 Å². The highest BCUT2D eigenvalue weighted by Gasteiger charge is 2.38. The average Bonchev–Trinajstić information content (AvgIpc) is 2.54. The number of nitrogens with zero attached hydrogens (tertiary/aromatic N) is 2. The Kier molecular flexibility index (Phi) is 6.49. The number of hydrogen-bond donors (Lipinski definition) is 1. The van der Waals surface area contributed by atoms with Crippen LogP contribution in [0.4, 0.5) is 0 Å². The van der Waals surface area contributed by atoms with Crippen molar-refractivity contribution in [3.05, 3.63) is 33.7 Å². The van der Waals surface area contributed by atoms with Crippen molar-refractivity contribution in [3.63, 3.8) is 0 Å². The van der Waals surface area contributed by atoms with Crippen molar-refractivity contribution in [3.8, 4) is 0 Å². The smallest absolute Gasteiger partial charge is 0.354 e. The molecule has 0 atom stereocenters.